The molecule has 0 rings (SSSR count). The van der Waals surface area contributed by atoms with E-state index in [0.29, 0.717) is 32.1 Å². The van der Waals surface area contributed by atoms with Crippen molar-refractivity contribution in [3.8, 4) is 0 Å². The van der Waals surface area contributed by atoms with E-state index in [0.717, 1.165) is 57.8 Å². The van der Waals surface area contributed by atoms with Gasteiger partial charge in [0.1, 0.15) is 6.10 Å². The molecule has 0 saturated heterocycles. The van der Waals surface area contributed by atoms with Gasteiger partial charge in [0.25, 0.3) is 0 Å². The van der Waals surface area contributed by atoms with E-state index >= 15 is 0 Å². The Hall–Kier alpha value is -3.40. The maximum Gasteiger partial charge on any atom is 0.306 e. The molecule has 42 heavy (non-hydrogen) atoms. The Morgan fingerprint density at radius 1 is 0.548 bits per heavy atom. The van der Waals surface area contributed by atoms with E-state index in [1.54, 1.807) is 0 Å². The van der Waals surface area contributed by atoms with Gasteiger partial charge in [-0.1, -0.05) is 117 Å². The Balaban J connectivity index is 4.37. The van der Waals surface area contributed by atoms with Gasteiger partial charge in [-0.05, 0) is 89.5 Å². The third-order valence-corrected chi connectivity index (χ3v) is 5.99. The van der Waals surface area contributed by atoms with Gasteiger partial charge in [0.05, 0.1) is 0 Å². The van der Waals surface area contributed by atoms with Crippen LogP contribution in [-0.4, -0.2) is 23.1 Å². The fraction of sp³-hybridized carbons (Fsp3) is 0.474. The third-order valence-electron chi connectivity index (χ3n) is 5.99. The first-order chi connectivity index (χ1) is 20.6. The summed E-state index contributed by atoms with van der Waals surface area (Å²) < 4.78 is 5.70. The van der Waals surface area contributed by atoms with Crippen molar-refractivity contribution in [3.63, 3.8) is 0 Å². The minimum atomic E-state index is -0.795. The van der Waals surface area contributed by atoms with Crippen molar-refractivity contribution in [1.29, 1.82) is 0 Å². The fourth-order valence-corrected chi connectivity index (χ4v) is 3.73. The summed E-state index contributed by atoms with van der Waals surface area (Å²) in [6.45, 7) is 4.28. The highest BCUT2D eigenvalue weighted by molar-refractivity contribution is 5.70. The summed E-state index contributed by atoms with van der Waals surface area (Å²) in [7, 11) is 0. The Bertz CT molecular complexity index is 925. The number of hydrogen-bond donors (Lipinski definition) is 1. The lowest BCUT2D eigenvalue weighted by Gasteiger charge is -2.14. The minimum absolute atomic E-state index is 0.137. The van der Waals surface area contributed by atoms with Gasteiger partial charge < -0.3 is 9.84 Å². The van der Waals surface area contributed by atoms with Gasteiger partial charge in [-0.3, -0.25) is 9.59 Å². The Morgan fingerprint density at radius 2 is 0.952 bits per heavy atom. The molecule has 0 aliphatic heterocycles. The first kappa shape index (κ1) is 38.6. The first-order valence-corrected chi connectivity index (χ1v) is 15.9. The van der Waals surface area contributed by atoms with Crippen LogP contribution in [-0.2, 0) is 14.3 Å². The molecule has 0 saturated carbocycles. The van der Waals surface area contributed by atoms with E-state index in [2.05, 4.69) is 105 Å². The van der Waals surface area contributed by atoms with Crippen LogP contribution >= 0.6 is 0 Å². The van der Waals surface area contributed by atoms with Crippen LogP contribution in [0.2, 0.25) is 0 Å². The van der Waals surface area contributed by atoms with E-state index in [1.807, 2.05) is 18.2 Å². The highest BCUT2D eigenvalue weighted by Crippen LogP contribution is 2.11. The quantitative estimate of drug-likeness (QED) is 0.0632. The third kappa shape index (κ3) is 31.1. The topological polar surface area (TPSA) is 63.6 Å². The molecule has 0 aromatic rings. The van der Waals surface area contributed by atoms with Gasteiger partial charge >= 0.3 is 11.9 Å². The lowest BCUT2D eigenvalue weighted by molar-refractivity contribution is -0.147. The summed E-state index contributed by atoms with van der Waals surface area (Å²) in [5.74, 6) is -1.02. The molecule has 1 unspecified atom stereocenters. The minimum Gasteiger partial charge on any atom is -0.481 e. The maximum atomic E-state index is 12.4. The molecule has 0 bridgehead atoms. The van der Waals surface area contributed by atoms with Gasteiger partial charge in [-0.2, -0.15) is 0 Å². The molecule has 0 fully saturated rings. The van der Waals surface area contributed by atoms with Crippen molar-refractivity contribution in [2.75, 3.05) is 0 Å². The van der Waals surface area contributed by atoms with Gasteiger partial charge in [-0.15, -0.1) is 0 Å². The van der Waals surface area contributed by atoms with Crippen molar-refractivity contribution in [1.82, 2.24) is 0 Å². The number of carboxylic acid groups (broad SMARTS) is 1. The number of esters is 1. The lowest BCUT2D eigenvalue weighted by atomic mass is 10.1. The monoisotopic (exact) mass is 576 g/mol. The Kier molecular flexibility index (Phi) is 29.5. The summed E-state index contributed by atoms with van der Waals surface area (Å²) in [6.07, 6.45) is 49.6. The second-order valence-electron chi connectivity index (χ2n) is 9.87. The molecular weight excluding hydrogens is 520 g/mol. The number of unbranched alkanes of at least 4 members (excludes halogenated alkanes) is 1. The van der Waals surface area contributed by atoms with E-state index < -0.39 is 5.97 Å². The van der Waals surface area contributed by atoms with Crippen LogP contribution in [0.5, 0.6) is 0 Å². The summed E-state index contributed by atoms with van der Waals surface area (Å²) in [5, 5.41) is 8.88. The second-order valence-corrected chi connectivity index (χ2v) is 9.87. The predicted octanol–water partition coefficient (Wildman–Crippen LogP) is 10.9. The first-order valence-electron chi connectivity index (χ1n) is 15.9. The zero-order chi connectivity index (χ0) is 30.8. The van der Waals surface area contributed by atoms with E-state index in [-0.39, 0.29) is 18.5 Å². The molecule has 0 aliphatic rings. The summed E-state index contributed by atoms with van der Waals surface area (Å²) in [6, 6.07) is 0. The molecule has 0 amide bonds. The Morgan fingerprint density at radius 3 is 1.38 bits per heavy atom. The number of hydrogen-bond acceptors (Lipinski definition) is 3. The summed E-state index contributed by atoms with van der Waals surface area (Å²) in [4.78, 5) is 23.2. The number of carbonyl (C=O) groups excluding carboxylic acids is 1. The molecule has 0 aromatic carbocycles. The average Bonchev–Trinajstić information content (AvgIpc) is 2.97. The molecule has 0 aromatic heterocycles. The van der Waals surface area contributed by atoms with Crippen LogP contribution in [0.15, 0.2) is 109 Å². The number of ether oxygens (including phenoxy) is 1. The normalized spacial score (nSPS) is 13.8. The zero-order valence-electron chi connectivity index (χ0n) is 26.2. The highest BCUT2D eigenvalue weighted by Gasteiger charge is 2.11. The predicted molar refractivity (Wildman–Crippen MR) is 180 cm³/mol. The van der Waals surface area contributed by atoms with Crippen LogP contribution in [0.1, 0.15) is 110 Å². The lowest BCUT2D eigenvalue weighted by Crippen LogP contribution is -2.16. The standard InChI is InChI=1S/C38H56O4/c1-3-5-7-9-11-13-15-17-19-20-22-24-26-28-32-36(33-30-31-34-37(39)40)42-38(41)35-29-27-25-23-21-18-16-14-12-10-8-6-4-2/h5-8,11-14,17-19,21-22,24-25,27-28,32,36H,3-4,9-10,15-16,20,23,26,29-31,33-35H2,1-2H3,(H,39,40)/b7-5-,8-6-,13-11-,14-12-,19-17-,21-18-,24-22-,27-25-,32-28-. The number of carboxylic acids is 1. The van der Waals surface area contributed by atoms with Gasteiger partial charge in [0, 0.05) is 12.8 Å². The van der Waals surface area contributed by atoms with Crippen molar-refractivity contribution in [2.45, 2.75) is 116 Å². The molecule has 232 valence electrons. The van der Waals surface area contributed by atoms with Gasteiger partial charge in [0.15, 0.2) is 0 Å². The smallest absolute Gasteiger partial charge is 0.306 e. The van der Waals surface area contributed by atoms with Crippen molar-refractivity contribution < 1.29 is 19.4 Å². The molecule has 0 radical (unpaired) electrons. The SMILES string of the molecule is CC/C=C\C/C=C\C/C=C\C/C=C\C/C=C\C(CCCCC(=O)O)OC(=O)CC/C=C\C/C=C\C/C=C\C/C=C\CC. The van der Waals surface area contributed by atoms with Crippen molar-refractivity contribution in [2.24, 2.45) is 0 Å². The maximum absolute atomic E-state index is 12.4. The van der Waals surface area contributed by atoms with Gasteiger partial charge in [0.2, 0.25) is 0 Å². The van der Waals surface area contributed by atoms with Crippen LogP contribution in [0.25, 0.3) is 0 Å². The van der Waals surface area contributed by atoms with Crippen molar-refractivity contribution in [3.05, 3.63) is 109 Å². The van der Waals surface area contributed by atoms with E-state index in [1.165, 1.54) is 0 Å². The van der Waals surface area contributed by atoms with Crippen LogP contribution < -0.4 is 0 Å². The fourth-order valence-electron chi connectivity index (χ4n) is 3.73. The number of aliphatic carboxylic acids is 1. The number of allylic oxidation sites excluding steroid dienone is 17. The summed E-state index contributed by atoms with van der Waals surface area (Å²) >= 11 is 0. The van der Waals surface area contributed by atoms with Crippen LogP contribution in [0.4, 0.5) is 0 Å². The van der Waals surface area contributed by atoms with Crippen LogP contribution in [0, 0.1) is 0 Å². The molecule has 1 atom stereocenters. The number of rotatable bonds is 26. The molecule has 4 nitrogen and oxygen atoms in total. The molecule has 0 heterocycles. The Labute approximate surface area is 256 Å². The largest absolute Gasteiger partial charge is 0.481 e. The molecule has 0 aliphatic carbocycles. The van der Waals surface area contributed by atoms with Gasteiger partial charge in [-0.25, -0.2) is 0 Å². The second kappa shape index (κ2) is 32.1. The molecule has 1 N–H and O–H groups in total. The van der Waals surface area contributed by atoms with Crippen molar-refractivity contribution >= 4 is 11.9 Å². The number of carbonyl (C=O) groups is 2. The highest BCUT2D eigenvalue weighted by atomic mass is 16.5. The molecule has 4 heteroatoms. The van der Waals surface area contributed by atoms with E-state index in [9.17, 15) is 9.59 Å². The molecule has 0 spiro atoms. The molecular formula is C38H56O4. The van der Waals surface area contributed by atoms with E-state index in [4.69, 9.17) is 9.84 Å². The van der Waals surface area contributed by atoms with Crippen LogP contribution in [0.3, 0.4) is 0 Å². The summed E-state index contributed by atoms with van der Waals surface area (Å²) in [5.41, 5.74) is 0. The zero-order valence-corrected chi connectivity index (χ0v) is 26.2. The average molecular weight is 577 g/mol.